The lowest BCUT2D eigenvalue weighted by atomic mass is 9.83. The minimum atomic E-state index is 0.168. The largest absolute Gasteiger partial charge is 0.295 e. The minimum Gasteiger partial charge on any atom is -0.295 e. The molecular formula is C11H18O. The normalized spacial score (nSPS) is 28.8. The average molecular weight is 166 g/mol. The van der Waals surface area contributed by atoms with Crippen LogP contribution in [0.2, 0.25) is 0 Å². The molecular weight excluding hydrogens is 148 g/mol. The number of allylic oxidation sites excluding steroid dienone is 2. The molecule has 1 atom stereocenters. The summed E-state index contributed by atoms with van der Waals surface area (Å²) in [4.78, 5) is 11.0. The summed E-state index contributed by atoms with van der Waals surface area (Å²) in [5.74, 6) is 1.03. The number of hydrogen-bond donors (Lipinski definition) is 0. The average Bonchev–Trinajstić information content (AvgIpc) is 2.29. The zero-order valence-corrected chi connectivity index (χ0v) is 8.26. The number of carbonyl (C=O) groups excluding carboxylic acids is 1. The number of hydrogen-bond acceptors (Lipinski definition) is 1. The first-order valence-electron chi connectivity index (χ1n) is 4.74. The van der Waals surface area contributed by atoms with Crippen LogP contribution in [0.3, 0.4) is 0 Å². The Balaban J connectivity index is 2.41. The maximum Gasteiger partial charge on any atom is 0.156 e. The van der Waals surface area contributed by atoms with Crippen LogP contribution in [-0.4, -0.2) is 5.78 Å². The highest BCUT2D eigenvalue weighted by Crippen LogP contribution is 2.35. The smallest absolute Gasteiger partial charge is 0.156 e. The number of rotatable bonds is 3. The van der Waals surface area contributed by atoms with Gasteiger partial charge in [0.05, 0.1) is 0 Å². The van der Waals surface area contributed by atoms with Crippen molar-refractivity contribution in [3.63, 3.8) is 0 Å². The lowest BCUT2D eigenvalue weighted by molar-refractivity contribution is -0.115. The minimum absolute atomic E-state index is 0.168. The molecule has 0 fully saturated rings. The lowest BCUT2D eigenvalue weighted by Gasteiger charge is -2.21. The Morgan fingerprint density at radius 1 is 1.58 bits per heavy atom. The second-order valence-electron chi connectivity index (χ2n) is 4.56. The van der Waals surface area contributed by atoms with Crippen LogP contribution < -0.4 is 0 Å². The van der Waals surface area contributed by atoms with E-state index in [1.807, 2.05) is 0 Å². The fourth-order valence-electron chi connectivity index (χ4n) is 1.60. The highest BCUT2D eigenvalue weighted by Gasteiger charge is 2.28. The van der Waals surface area contributed by atoms with Crippen LogP contribution in [0, 0.1) is 11.3 Å². The Kier molecular flexibility index (Phi) is 2.71. The number of carbonyl (C=O) groups is 1. The van der Waals surface area contributed by atoms with E-state index in [9.17, 15) is 4.79 Å². The quantitative estimate of drug-likeness (QED) is 0.630. The van der Waals surface area contributed by atoms with Crippen molar-refractivity contribution in [2.45, 2.75) is 40.0 Å². The van der Waals surface area contributed by atoms with E-state index >= 15 is 0 Å². The predicted molar refractivity (Wildman–Crippen MR) is 50.9 cm³/mol. The van der Waals surface area contributed by atoms with Crippen LogP contribution >= 0.6 is 0 Å². The summed E-state index contributed by atoms with van der Waals surface area (Å²) < 4.78 is 0. The summed E-state index contributed by atoms with van der Waals surface area (Å²) >= 11 is 0. The van der Waals surface area contributed by atoms with E-state index in [4.69, 9.17) is 0 Å². The van der Waals surface area contributed by atoms with Gasteiger partial charge in [-0.15, -0.1) is 0 Å². The molecule has 0 aromatic rings. The Bertz CT molecular complexity index is 203. The number of ketones is 1. The van der Waals surface area contributed by atoms with Gasteiger partial charge in [0, 0.05) is 6.42 Å². The third kappa shape index (κ3) is 2.47. The lowest BCUT2D eigenvalue weighted by Crippen LogP contribution is -2.12. The zero-order chi connectivity index (χ0) is 9.19. The van der Waals surface area contributed by atoms with E-state index in [-0.39, 0.29) is 5.41 Å². The first kappa shape index (κ1) is 9.50. The highest BCUT2D eigenvalue weighted by atomic mass is 16.1. The summed E-state index contributed by atoms with van der Waals surface area (Å²) in [6.45, 7) is 6.63. The van der Waals surface area contributed by atoms with Gasteiger partial charge in [-0.1, -0.05) is 33.3 Å². The Morgan fingerprint density at radius 3 is 2.67 bits per heavy atom. The monoisotopic (exact) mass is 166 g/mol. The summed E-state index contributed by atoms with van der Waals surface area (Å²) in [5.41, 5.74) is 0.168. The van der Waals surface area contributed by atoms with Gasteiger partial charge in [0.15, 0.2) is 5.78 Å². The predicted octanol–water partition coefficient (Wildman–Crippen LogP) is 2.96. The van der Waals surface area contributed by atoms with Gasteiger partial charge >= 0.3 is 0 Å². The molecule has 1 aliphatic rings. The van der Waals surface area contributed by atoms with Crippen LogP contribution in [0.15, 0.2) is 12.2 Å². The van der Waals surface area contributed by atoms with Crippen molar-refractivity contribution in [3.05, 3.63) is 12.2 Å². The molecule has 0 N–H and O–H groups in total. The van der Waals surface area contributed by atoms with E-state index in [0.717, 1.165) is 18.8 Å². The van der Waals surface area contributed by atoms with E-state index in [0.29, 0.717) is 5.78 Å². The SMILES string of the molecule is CC(C)CCC1(C)C=CC(=O)C1. The summed E-state index contributed by atoms with van der Waals surface area (Å²) in [7, 11) is 0. The van der Waals surface area contributed by atoms with Crippen molar-refractivity contribution >= 4 is 5.78 Å². The fraction of sp³-hybridized carbons (Fsp3) is 0.727. The van der Waals surface area contributed by atoms with Gasteiger partial charge < -0.3 is 0 Å². The molecule has 1 heteroatoms. The molecule has 0 saturated carbocycles. The van der Waals surface area contributed by atoms with Crippen LogP contribution in [0.5, 0.6) is 0 Å². The summed E-state index contributed by atoms with van der Waals surface area (Å²) in [6, 6.07) is 0. The molecule has 0 aliphatic heterocycles. The van der Waals surface area contributed by atoms with Crippen molar-refractivity contribution in [1.29, 1.82) is 0 Å². The molecule has 1 unspecified atom stereocenters. The molecule has 0 heterocycles. The van der Waals surface area contributed by atoms with E-state index in [1.54, 1.807) is 6.08 Å². The molecule has 1 nitrogen and oxygen atoms in total. The maximum atomic E-state index is 11.0. The maximum absolute atomic E-state index is 11.0. The molecule has 0 bridgehead atoms. The zero-order valence-electron chi connectivity index (χ0n) is 8.26. The molecule has 68 valence electrons. The molecule has 0 aromatic carbocycles. The Morgan fingerprint density at radius 2 is 2.25 bits per heavy atom. The first-order valence-corrected chi connectivity index (χ1v) is 4.74. The topological polar surface area (TPSA) is 17.1 Å². The van der Waals surface area contributed by atoms with Crippen molar-refractivity contribution < 1.29 is 4.79 Å². The molecule has 0 saturated heterocycles. The van der Waals surface area contributed by atoms with Crippen molar-refractivity contribution in [1.82, 2.24) is 0 Å². The van der Waals surface area contributed by atoms with Gasteiger partial charge in [-0.25, -0.2) is 0 Å². The van der Waals surface area contributed by atoms with Crippen molar-refractivity contribution in [3.8, 4) is 0 Å². The van der Waals surface area contributed by atoms with Gasteiger partial charge in [0.1, 0.15) is 0 Å². The molecule has 0 radical (unpaired) electrons. The van der Waals surface area contributed by atoms with Crippen molar-refractivity contribution in [2.75, 3.05) is 0 Å². The standard InChI is InChI=1S/C11H18O/c1-9(2)4-6-11(3)7-5-10(12)8-11/h5,7,9H,4,6,8H2,1-3H3. The van der Waals surface area contributed by atoms with Gasteiger partial charge in [-0.05, 0) is 23.8 Å². The second-order valence-corrected chi connectivity index (χ2v) is 4.56. The first-order chi connectivity index (χ1) is 5.52. The third-order valence-corrected chi connectivity index (χ3v) is 2.54. The third-order valence-electron chi connectivity index (χ3n) is 2.54. The van der Waals surface area contributed by atoms with Crippen molar-refractivity contribution in [2.24, 2.45) is 11.3 Å². The summed E-state index contributed by atoms with van der Waals surface area (Å²) in [6.07, 6.45) is 6.90. The van der Waals surface area contributed by atoms with Gasteiger partial charge in [0.2, 0.25) is 0 Å². The Hall–Kier alpha value is -0.590. The van der Waals surface area contributed by atoms with Gasteiger partial charge in [0.25, 0.3) is 0 Å². The molecule has 1 aliphatic carbocycles. The molecule has 1 rings (SSSR count). The van der Waals surface area contributed by atoms with E-state index in [1.165, 1.54) is 6.42 Å². The Labute approximate surface area is 74.9 Å². The second kappa shape index (κ2) is 3.42. The molecule has 0 spiro atoms. The van der Waals surface area contributed by atoms with Gasteiger partial charge in [-0.2, -0.15) is 0 Å². The van der Waals surface area contributed by atoms with E-state index in [2.05, 4.69) is 26.8 Å². The molecule has 0 amide bonds. The van der Waals surface area contributed by atoms with Crippen LogP contribution in [0.1, 0.15) is 40.0 Å². The van der Waals surface area contributed by atoms with Crippen LogP contribution in [0.25, 0.3) is 0 Å². The summed E-state index contributed by atoms with van der Waals surface area (Å²) in [5, 5.41) is 0. The molecule has 0 aromatic heterocycles. The highest BCUT2D eigenvalue weighted by molar-refractivity contribution is 5.92. The molecule has 12 heavy (non-hydrogen) atoms. The van der Waals surface area contributed by atoms with Gasteiger partial charge in [-0.3, -0.25) is 4.79 Å². The van der Waals surface area contributed by atoms with Crippen LogP contribution in [0.4, 0.5) is 0 Å². The van der Waals surface area contributed by atoms with Crippen LogP contribution in [-0.2, 0) is 4.79 Å². The fourth-order valence-corrected chi connectivity index (χ4v) is 1.60. The van der Waals surface area contributed by atoms with E-state index < -0.39 is 0 Å².